The number of hydrogen-bond donors (Lipinski definition) is 0. The minimum Gasteiger partial charge on any atom is -0.298 e. The van der Waals surface area contributed by atoms with E-state index in [1.807, 2.05) is 0 Å². The maximum absolute atomic E-state index is 9.00. The van der Waals surface area contributed by atoms with Crippen molar-refractivity contribution in [2.24, 2.45) is 5.92 Å². The molecule has 1 aromatic carbocycles. The Morgan fingerprint density at radius 1 is 1.33 bits per heavy atom. The molecule has 0 N–H and O–H groups in total. The molecule has 2 nitrogen and oxygen atoms in total. The molecular weight excluding hydrogens is 220 g/mol. The normalized spacial score (nSPS) is 20.9. The Morgan fingerprint density at radius 3 is 2.67 bits per heavy atom. The SMILES string of the molecule is CC(C)c1ccc(CN2CCCC(C#N)C2)cc1. The van der Waals surface area contributed by atoms with Gasteiger partial charge in [0.25, 0.3) is 0 Å². The van der Waals surface area contributed by atoms with Crippen molar-refractivity contribution < 1.29 is 0 Å². The zero-order valence-electron chi connectivity index (χ0n) is 11.4. The molecule has 0 aromatic heterocycles. The second-order valence-electron chi connectivity index (χ2n) is 5.60. The van der Waals surface area contributed by atoms with Gasteiger partial charge in [0, 0.05) is 13.1 Å². The fourth-order valence-corrected chi connectivity index (χ4v) is 2.57. The highest BCUT2D eigenvalue weighted by Gasteiger charge is 2.19. The lowest BCUT2D eigenvalue weighted by molar-refractivity contribution is 0.192. The molecule has 1 fully saturated rings. The molecule has 0 amide bonds. The lowest BCUT2D eigenvalue weighted by Gasteiger charge is -2.29. The van der Waals surface area contributed by atoms with Crippen LogP contribution in [0.3, 0.4) is 0 Å². The summed E-state index contributed by atoms with van der Waals surface area (Å²) in [6.07, 6.45) is 2.22. The quantitative estimate of drug-likeness (QED) is 0.810. The van der Waals surface area contributed by atoms with Crippen molar-refractivity contribution in [3.63, 3.8) is 0 Å². The van der Waals surface area contributed by atoms with Gasteiger partial charge in [-0.25, -0.2) is 0 Å². The second kappa shape index (κ2) is 6.02. The number of nitrogens with zero attached hydrogens (tertiary/aromatic N) is 2. The van der Waals surface area contributed by atoms with Gasteiger partial charge >= 0.3 is 0 Å². The van der Waals surface area contributed by atoms with E-state index in [1.54, 1.807) is 0 Å². The maximum atomic E-state index is 9.00. The van der Waals surface area contributed by atoms with Gasteiger partial charge in [-0.15, -0.1) is 0 Å². The summed E-state index contributed by atoms with van der Waals surface area (Å²) in [5.74, 6) is 0.825. The van der Waals surface area contributed by atoms with Crippen molar-refractivity contribution in [2.45, 2.75) is 39.2 Å². The van der Waals surface area contributed by atoms with Gasteiger partial charge in [-0.2, -0.15) is 5.26 Å². The first kappa shape index (κ1) is 13.1. The van der Waals surface area contributed by atoms with E-state index >= 15 is 0 Å². The molecule has 2 rings (SSSR count). The average molecular weight is 242 g/mol. The first-order chi connectivity index (χ1) is 8.69. The summed E-state index contributed by atoms with van der Waals surface area (Å²) in [6.45, 7) is 7.48. The molecule has 0 aliphatic carbocycles. The largest absolute Gasteiger partial charge is 0.298 e. The standard InChI is InChI=1S/C16H22N2/c1-13(2)16-7-5-14(6-8-16)11-18-9-3-4-15(10-17)12-18/h5-8,13,15H,3-4,9,11-12H2,1-2H3. The van der Waals surface area contributed by atoms with Crippen LogP contribution in [-0.4, -0.2) is 18.0 Å². The third kappa shape index (κ3) is 3.34. The monoisotopic (exact) mass is 242 g/mol. The fourth-order valence-electron chi connectivity index (χ4n) is 2.57. The summed E-state index contributed by atoms with van der Waals surface area (Å²) >= 11 is 0. The van der Waals surface area contributed by atoms with E-state index in [0.29, 0.717) is 5.92 Å². The highest BCUT2D eigenvalue weighted by molar-refractivity contribution is 5.24. The van der Waals surface area contributed by atoms with Crippen molar-refractivity contribution in [3.8, 4) is 6.07 Å². The van der Waals surface area contributed by atoms with Crippen LogP contribution < -0.4 is 0 Å². The Labute approximate surface area is 110 Å². The third-order valence-electron chi connectivity index (χ3n) is 3.74. The molecule has 2 heteroatoms. The van der Waals surface area contributed by atoms with Crippen LogP contribution in [0.4, 0.5) is 0 Å². The summed E-state index contributed by atoms with van der Waals surface area (Å²) in [6, 6.07) is 11.3. The van der Waals surface area contributed by atoms with E-state index in [1.165, 1.54) is 11.1 Å². The lowest BCUT2D eigenvalue weighted by atomic mass is 9.98. The predicted octanol–water partition coefficient (Wildman–Crippen LogP) is 3.55. The van der Waals surface area contributed by atoms with E-state index in [9.17, 15) is 0 Å². The van der Waals surface area contributed by atoms with Gasteiger partial charge in [0.2, 0.25) is 0 Å². The van der Waals surface area contributed by atoms with Crippen LogP contribution >= 0.6 is 0 Å². The van der Waals surface area contributed by atoms with Gasteiger partial charge in [0.1, 0.15) is 0 Å². The summed E-state index contributed by atoms with van der Waals surface area (Å²) in [7, 11) is 0. The van der Waals surface area contributed by atoms with Crippen molar-refractivity contribution in [3.05, 3.63) is 35.4 Å². The summed E-state index contributed by atoms with van der Waals surface area (Å²) < 4.78 is 0. The van der Waals surface area contributed by atoms with E-state index in [4.69, 9.17) is 5.26 Å². The van der Waals surface area contributed by atoms with Gasteiger partial charge in [-0.3, -0.25) is 4.90 Å². The zero-order chi connectivity index (χ0) is 13.0. The van der Waals surface area contributed by atoms with Gasteiger partial charge in [-0.05, 0) is 36.4 Å². The molecule has 1 unspecified atom stereocenters. The van der Waals surface area contributed by atoms with Crippen LogP contribution in [-0.2, 0) is 6.54 Å². The number of hydrogen-bond acceptors (Lipinski definition) is 2. The van der Waals surface area contributed by atoms with Crippen LogP contribution in [0.1, 0.15) is 43.7 Å². The average Bonchev–Trinajstić information content (AvgIpc) is 2.39. The van der Waals surface area contributed by atoms with Crippen molar-refractivity contribution in [2.75, 3.05) is 13.1 Å². The molecule has 0 spiro atoms. The Bertz CT molecular complexity index is 414. The number of piperidine rings is 1. The molecular formula is C16H22N2. The van der Waals surface area contributed by atoms with Crippen LogP contribution in [0.5, 0.6) is 0 Å². The van der Waals surface area contributed by atoms with Crippen molar-refractivity contribution in [1.82, 2.24) is 4.90 Å². The van der Waals surface area contributed by atoms with Crippen molar-refractivity contribution in [1.29, 1.82) is 5.26 Å². The molecule has 18 heavy (non-hydrogen) atoms. The molecule has 1 atom stereocenters. The van der Waals surface area contributed by atoms with Gasteiger partial charge in [0.15, 0.2) is 0 Å². The minimum absolute atomic E-state index is 0.230. The van der Waals surface area contributed by atoms with Crippen molar-refractivity contribution >= 4 is 0 Å². The summed E-state index contributed by atoms with van der Waals surface area (Å²) in [4.78, 5) is 2.40. The van der Waals surface area contributed by atoms with Crippen LogP contribution in [0.25, 0.3) is 0 Å². The minimum atomic E-state index is 0.230. The summed E-state index contributed by atoms with van der Waals surface area (Å²) in [5, 5.41) is 9.00. The second-order valence-corrected chi connectivity index (χ2v) is 5.60. The first-order valence-electron chi connectivity index (χ1n) is 6.90. The molecule has 0 saturated carbocycles. The van der Waals surface area contributed by atoms with Crippen LogP contribution in [0.15, 0.2) is 24.3 Å². The van der Waals surface area contributed by atoms with Crippen LogP contribution in [0.2, 0.25) is 0 Å². The lowest BCUT2D eigenvalue weighted by Crippen LogP contribution is -2.34. The highest BCUT2D eigenvalue weighted by Crippen LogP contribution is 2.19. The number of nitriles is 1. The topological polar surface area (TPSA) is 27.0 Å². The fraction of sp³-hybridized carbons (Fsp3) is 0.562. The Kier molecular flexibility index (Phi) is 4.38. The van der Waals surface area contributed by atoms with E-state index in [0.717, 1.165) is 32.5 Å². The number of likely N-dealkylation sites (tertiary alicyclic amines) is 1. The van der Waals surface area contributed by atoms with Gasteiger partial charge < -0.3 is 0 Å². The molecule has 0 radical (unpaired) electrons. The van der Waals surface area contributed by atoms with Gasteiger partial charge in [0.05, 0.1) is 12.0 Å². The van der Waals surface area contributed by atoms with E-state index in [-0.39, 0.29) is 5.92 Å². The zero-order valence-corrected chi connectivity index (χ0v) is 11.4. The predicted molar refractivity (Wildman–Crippen MR) is 74.1 cm³/mol. The molecule has 1 aliphatic rings. The van der Waals surface area contributed by atoms with Gasteiger partial charge in [-0.1, -0.05) is 38.1 Å². The Balaban J connectivity index is 1.95. The highest BCUT2D eigenvalue weighted by atomic mass is 15.1. The molecule has 1 saturated heterocycles. The third-order valence-corrected chi connectivity index (χ3v) is 3.74. The molecule has 96 valence electrons. The molecule has 0 bridgehead atoms. The molecule has 1 aromatic rings. The summed E-state index contributed by atoms with van der Waals surface area (Å²) in [5.41, 5.74) is 2.75. The number of rotatable bonds is 3. The Morgan fingerprint density at radius 2 is 2.06 bits per heavy atom. The van der Waals surface area contributed by atoms with E-state index in [2.05, 4.69) is 49.1 Å². The van der Waals surface area contributed by atoms with E-state index < -0.39 is 0 Å². The molecule has 1 heterocycles. The maximum Gasteiger partial charge on any atom is 0.0669 e. The smallest absolute Gasteiger partial charge is 0.0669 e. The number of benzene rings is 1. The van der Waals surface area contributed by atoms with Crippen LogP contribution in [0, 0.1) is 17.2 Å². The first-order valence-corrected chi connectivity index (χ1v) is 6.90. The Hall–Kier alpha value is -1.33. The molecule has 1 aliphatic heterocycles.